The molecule has 0 spiro atoms. The highest BCUT2D eigenvalue weighted by Crippen LogP contribution is 2.15. The van der Waals surface area contributed by atoms with Crippen LogP contribution >= 0.6 is 0 Å². The molecule has 2 amide bonds. The topological polar surface area (TPSA) is 79.8 Å². The number of nitrogens with zero attached hydrogens (tertiary/aromatic N) is 1. The molecule has 3 aromatic rings. The summed E-state index contributed by atoms with van der Waals surface area (Å²) in [5.41, 5.74) is 6.28. The zero-order valence-corrected chi connectivity index (χ0v) is 17.2. The number of aryl methyl sites for hydroxylation is 2. The van der Waals surface area contributed by atoms with Crippen LogP contribution in [0.1, 0.15) is 22.3 Å². The monoisotopic (exact) mass is 419 g/mol. The first kappa shape index (κ1) is 21.7. The van der Waals surface area contributed by atoms with Gasteiger partial charge < -0.3 is 10.1 Å². The van der Waals surface area contributed by atoms with Gasteiger partial charge in [-0.05, 0) is 84.6 Å². The summed E-state index contributed by atoms with van der Waals surface area (Å²) < 4.78 is 18.8. The highest BCUT2D eigenvalue weighted by molar-refractivity contribution is 6.39. The third-order valence-electron chi connectivity index (χ3n) is 4.53. The Bertz CT molecular complexity index is 1110. The molecule has 0 saturated heterocycles. The molecule has 158 valence electrons. The smallest absolute Gasteiger partial charge is 0.329 e. The lowest BCUT2D eigenvalue weighted by molar-refractivity contribution is -0.136. The molecule has 0 radical (unpaired) electrons. The molecule has 0 aliphatic heterocycles. The molecule has 0 unspecified atom stereocenters. The van der Waals surface area contributed by atoms with Crippen LogP contribution in [-0.2, 0) is 16.2 Å². The first-order valence-corrected chi connectivity index (χ1v) is 9.59. The van der Waals surface area contributed by atoms with Crippen molar-refractivity contribution < 1.29 is 18.7 Å². The minimum atomic E-state index is -0.871. The summed E-state index contributed by atoms with van der Waals surface area (Å²) in [5.74, 6) is -1.37. The van der Waals surface area contributed by atoms with E-state index in [2.05, 4.69) is 15.8 Å². The number of ether oxygens (including phenoxy) is 1. The molecule has 0 aliphatic rings. The van der Waals surface area contributed by atoms with Crippen LogP contribution in [0.25, 0.3) is 0 Å². The highest BCUT2D eigenvalue weighted by Gasteiger charge is 2.13. The van der Waals surface area contributed by atoms with Crippen molar-refractivity contribution in [3.63, 3.8) is 0 Å². The second kappa shape index (κ2) is 10.2. The van der Waals surface area contributed by atoms with E-state index >= 15 is 0 Å². The molecule has 7 heteroatoms. The molecule has 0 fully saturated rings. The van der Waals surface area contributed by atoms with Crippen LogP contribution in [0, 0.1) is 19.7 Å². The summed E-state index contributed by atoms with van der Waals surface area (Å²) in [6, 6.07) is 18.5. The fraction of sp³-hybridized carbons (Fsp3) is 0.125. The predicted molar refractivity (Wildman–Crippen MR) is 117 cm³/mol. The second-order valence-electron chi connectivity index (χ2n) is 6.94. The fourth-order valence-electron chi connectivity index (χ4n) is 2.67. The molecule has 0 saturated carbocycles. The lowest BCUT2D eigenvalue weighted by atomic mass is 10.1. The van der Waals surface area contributed by atoms with Gasteiger partial charge in [0.05, 0.1) is 6.21 Å². The quantitative estimate of drug-likeness (QED) is 0.359. The van der Waals surface area contributed by atoms with E-state index in [4.69, 9.17) is 4.74 Å². The average Bonchev–Trinajstić information content (AvgIpc) is 2.75. The van der Waals surface area contributed by atoms with Gasteiger partial charge in [-0.15, -0.1) is 0 Å². The summed E-state index contributed by atoms with van der Waals surface area (Å²) in [7, 11) is 0. The Morgan fingerprint density at radius 1 is 0.968 bits per heavy atom. The number of benzene rings is 3. The number of halogens is 1. The minimum absolute atomic E-state index is 0.247. The van der Waals surface area contributed by atoms with Gasteiger partial charge in [0.15, 0.2) is 0 Å². The number of rotatable bonds is 6. The van der Waals surface area contributed by atoms with E-state index in [0.29, 0.717) is 17.0 Å². The number of hydrogen-bond acceptors (Lipinski definition) is 4. The lowest BCUT2D eigenvalue weighted by Gasteiger charge is -2.07. The molecule has 3 aromatic carbocycles. The van der Waals surface area contributed by atoms with Crippen LogP contribution in [-0.4, -0.2) is 18.0 Å². The van der Waals surface area contributed by atoms with Crippen molar-refractivity contribution in [1.82, 2.24) is 5.43 Å². The Kier molecular flexibility index (Phi) is 7.11. The van der Waals surface area contributed by atoms with E-state index < -0.39 is 11.8 Å². The number of nitrogens with one attached hydrogen (secondary N) is 2. The van der Waals surface area contributed by atoms with Crippen LogP contribution in [0.3, 0.4) is 0 Å². The van der Waals surface area contributed by atoms with Gasteiger partial charge in [-0.3, -0.25) is 9.59 Å². The van der Waals surface area contributed by atoms with Crippen molar-refractivity contribution in [2.24, 2.45) is 5.10 Å². The molecular weight excluding hydrogens is 397 g/mol. The molecule has 2 N–H and O–H groups in total. The summed E-state index contributed by atoms with van der Waals surface area (Å²) in [6.07, 6.45) is 1.41. The molecule has 6 nitrogen and oxygen atoms in total. The van der Waals surface area contributed by atoms with E-state index in [1.807, 2.05) is 19.9 Å². The van der Waals surface area contributed by atoms with Gasteiger partial charge >= 0.3 is 11.8 Å². The van der Waals surface area contributed by atoms with Gasteiger partial charge in [-0.25, -0.2) is 9.82 Å². The Balaban J connectivity index is 1.48. The normalized spacial score (nSPS) is 10.7. The van der Waals surface area contributed by atoms with Gasteiger partial charge in [-0.1, -0.05) is 18.2 Å². The zero-order valence-electron chi connectivity index (χ0n) is 17.2. The molecule has 0 aliphatic carbocycles. The molecule has 0 aromatic heterocycles. The molecule has 0 bridgehead atoms. The van der Waals surface area contributed by atoms with Crippen molar-refractivity contribution in [3.05, 3.63) is 94.8 Å². The zero-order chi connectivity index (χ0) is 22.2. The highest BCUT2D eigenvalue weighted by atomic mass is 19.1. The first-order valence-electron chi connectivity index (χ1n) is 9.59. The molecule has 3 rings (SSSR count). The van der Waals surface area contributed by atoms with Crippen molar-refractivity contribution in [2.75, 3.05) is 5.32 Å². The van der Waals surface area contributed by atoms with E-state index in [0.717, 1.165) is 16.7 Å². The maximum atomic E-state index is 13.2. The Morgan fingerprint density at radius 3 is 2.45 bits per heavy atom. The molecule has 0 heterocycles. The summed E-state index contributed by atoms with van der Waals surface area (Å²) in [6.45, 7) is 4.13. The SMILES string of the molecule is Cc1ccc(NC(=O)C(=O)N/N=C\c2ccc(OCc3cccc(F)c3)cc2)cc1C. The third-order valence-corrected chi connectivity index (χ3v) is 4.53. The van der Waals surface area contributed by atoms with E-state index in [1.165, 1.54) is 18.3 Å². The Morgan fingerprint density at radius 2 is 1.74 bits per heavy atom. The maximum absolute atomic E-state index is 13.2. The van der Waals surface area contributed by atoms with Crippen molar-refractivity contribution in [2.45, 2.75) is 20.5 Å². The Hall–Kier alpha value is -4.00. The van der Waals surface area contributed by atoms with E-state index in [-0.39, 0.29) is 12.4 Å². The number of amides is 2. The van der Waals surface area contributed by atoms with Crippen LogP contribution < -0.4 is 15.5 Å². The van der Waals surface area contributed by atoms with Crippen molar-refractivity contribution in [1.29, 1.82) is 0 Å². The second-order valence-corrected chi connectivity index (χ2v) is 6.94. The van der Waals surface area contributed by atoms with Gasteiger partial charge in [0.1, 0.15) is 18.2 Å². The standard InChI is InChI=1S/C24H22FN3O3/c1-16-6-9-21(12-17(16)2)27-23(29)24(30)28-26-14-18-7-10-22(11-8-18)31-15-19-4-3-5-20(25)13-19/h3-14H,15H2,1-2H3,(H,27,29)(H,28,30)/b26-14-. The lowest BCUT2D eigenvalue weighted by Crippen LogP contribution is -2.32. The molecular formula is C24H22FN3O3. The fourth-order valence-corrected chi connectivity index (χ4v) is 2.67. The van der Waals surface area contributed by atoms with Crippen molar-refractivity contribution in [3.8, 4) is 5.75 Å². The summed E-state index contributed by atoms with van der Waals surface area (Å²) >= 11 is 0. The first-order chi connectivity index (χ1) is 14.9. The van der Waals surface area contributed by atoms with Crippen LogP contribution in [0.15, 0.2) is 71.8 Å². The summed E-state index contributed by atoms with van der Waals surface area (Å²) in [5, 5.41) is 6.33. The van der Waals surface area contributed by atoms with E-state index in [1.54, 1.807) is 48.5 Å². The van der Waals surface area contributed by atoms with Crippen LogP contribution in [0.5, 0.6) is 5.75 Å². The number of carbonyl (C=O) groups excluding carboxylic acids is 2. The van der Waals surface area contributed by atoms with Gasteiger partial charge in [0, 0.05) is 5.69 Å². The van der Waals surface area contributed by atoms with Gasteiger partial charge in [-0.2, -0.15) is 5.10 Å². The number of carbonyl (C=O) groups is 2. The van der Waals surface area contributed by atoms with Gasteiger partial charge in [0.25, 0.3) is 0 Å². The molecule has 31 heavy (non-hydrogen) atoms. The van der Waals surface area contributed by atoms with E-state index in [9.17, 15) is 14.0 Å². The van der Waals surface area contributed by atoms with Gasteiger partial charge in [0.2, 0.25) is 0 Å². The summed E-state index contributed by atoms with van der Waals surface area (Å²) in [4.78, 5) is 23.9. The number of hydrogen-bond donors (Lipinski definition) is 2. The Labute approximate surface area is 179 Å². The number of hydrazone groups is 1. The average molecular weight is 419 g/mol. The van der Waals surface area contributed by atoms with Crippen LogP contribution in [0.4, 0.5) is 10.1 Å². The molecule has 0 atom stereocenters. The maximum Gasteiger partial charge on any atom is 0.329 e. The number of anilines is 1. The third kappa shape index (κ3) is 6.50. The van der Waals surface area contributed by atoms with Crippen LogP contribution in [0.2, 0.25) is 0 Å². The predicted octanol–water partition coefficient (Wildman–Crippen LogP) is 4.11. The van der Waals surface area contributed by atoms with Crippen molar-refractivity contribution >= 4 is 23.7 Å². The minimum Gasteiger partial charge on any atom is -0.489 e. The largest absolute Gasteiger partial charge is 0.489 e.